The Morgan fingerprint density at radius 1 is 0.970 bits per heavy atom. The number of hydrogen-bond donors (Lipinski definition) is 1. The molecule has 0 unspecified atom stereocenters. The molecule has 1 saturated heterocycles. The number of aromatic nitrogens is 2. The lowest BCUT2D eigenvalue weighted by molar-refractivity contribution is 0.310. The van der Waals surface area contributed by atoms with E-state index in [4.69, 9.17) is 23.8 Å². The molecule has 4 aromatic rings. The minimum absolute atomic E-state index is 0.00624. The number of nitrogens with one attached hydrogen (secondary N) is 1. The molecule has 0 saturated carbocycles. The highest BCUT2D eigenvalue weighted by Gasteiger charge is 2.41. The Hall–Kier alpha value is -3.15. The van der Waals surface area contributed by atoms with Crippen molar-refractivity contribution in [2.75, 3.05) is 0 Å². The Balaban J connectivity index is 1.62. The van der Waals surface area contributed by atoms with Crippen LogP contribution < -0.4 is 5.32 Å². The second kappa shape index (κ2) is 9.00. The van der Waals surface area contributed by atoms with Crippen LogP contribution in [-0.2, 0) is 6.54 Å². The predicted molar refractivity (Wildman–Crippen MR) is 138 cm³/mol. The van der Waals surface area contributed by atoms with Crippen molar-refractivity contribution in [3.63, 3.8) is 0 Å². The van der Waals surface area contributed by atoms with Crippen LogP contribution in [0.1, 0.15) is 40.3 Å². The van der Waals surface area contributed by atoms with Crippen molar-refractivity contribution in [1.82, 2.24) is 19.8 Å². The van der Waals surface area contributed by atoms with E-state index in [0.717, 1.165) is 33.8 Å². The number of halogens is 1. The van der Waals surface area contributed by atoms with Crippen molar-refractivity contribution >= 4 is 28.9 Å². The van der Waals surface area contributed by atoms with Crippen molar-refractivity contribution in [3.8, 4) is 5.69 Å². The molecule has 5 rings (SSSR count). The summed E-state index contributed by atoms with van der Waals surface area (Å²) in [4.78, 5) is 6.95. The molecule has 1 aliphatic rings. The SMILES string of the molecule is Cc1cc([C@H]2[C@H](c3ccccn3)NC(=S)N2Cc2ccccc2)c(C)n1-c1cccc(Cl)c1. The van der Waals surface area contributed by atoms with E-state index >= 15 is 0 Å². The molecule has 1 fully saturated rings. The van der Waals surface area contributed by atoms with Crippen LogP contribution in [0.3, 0.4) is 0 Å². The average molecular weight is 473 g/mol. The summed E-state index contributed by atoms with van der Waals surface area (Å²) in [5.74, 6) is 0. The zero-order valence-electron chi connectivity index (χ0n) is 18.6. The Labute approximate surface area is 204 Å². The Bertz CT molecular complexity index is 1290. The minimum atomic E-state index is -0.0456. The molecule has 2 atom stereocenters. The quantitative estimate of drug-likeness (QED) is 0.345. The van der Waals surface area contributed by atoms with Gasteiger partial charge < -0.3 is 14.8 Å². The molecule has 0 aliphatic carbocycles. The van der Waals surface area contributed by atoms with Gasteiger partial charge in [0.05, 0.1) is 17.8 Å². The molecule has 0 radical (unpaired) electrons. The molecule has 0 amide bonds. The molecule has 4 nitrogen and oxygen atoms in total. The van der Waals surface area contributed by atoms with Gasteiger partial charge in [-0.3, -0.25) is 4.98 Å². The third kappa shape index (κ3) is 4.14. The predicted octanol–water partition coefficient (Wildman–Crippen LogP) is 6.32. The Kier molecular flexibility index (Phi) is 5.92. The van der Waals surface area contributed by atoms with Gasteiger partial charge in [0, 0.05) is 34.8 Å². The molecule has 1 N–H and O–H groups in total. The first-order chi connectivity index (χ1) is 16.0. The molecule has 3 heterocycles. The summed E-state index contributed by atoms with van der Waals surface area (Å²) in [6.07, 6.45) is 1.84. The maximum atomic E-state index is 6.31. The third-order valence-electron chi connectivity index (χ3n) is 6.25. The number of aryl methyl sites for hydroxylation is 1. The summed E-state index contributed by atoms with van der Waals surface area (Å²) >= 11 is 12.2. The van der Waals surface area contributed by atoms with Gasteiger partial charge in [-0.25, -0.2) is 0 Å². The van der Waals surface area contributed by atoms with E-state index < -0.39 is 0 Å². The van der Waals surface area contributed by atoms with Crippen molar-refractivity contribution in [2.24, 2.45) is 0 Å². The van der Waals surface area contributed by atoms with Crippen LogP contribution in [0.25, 0.3) is 5.69 Å². The molecule has 2 aromatic carbocycles. The van der Waals surface area contributed by atoms with Crippen molar-refractivity contribution in [3.05, 3.63) is 118 Å². The van der Waals surface area contributed by atoms with E-state index in [0.29, 0.717) is 0 Å². The number of hydrogen-bond acceptors (Lipinski definition) is 2. The maximum Gasteiger partial charge on any atom is 0.170 e. The summed E-state index contributed by atoms with van der Waals surface area (Å²) in [5.41, 5.74) is 6.81. The van der Waals surface area contributed by atoms with Gasteiger partial charge in [-0.15, -0.1) is 0 Å². The van der Waals surface area contributed by atoms with E-state index in [1.807, 2.05) is 42.6 Å². The first-order valence-electron chi connectivity index (χ1n) is 11.0. The van der Waals surface area contributed by atoms with E-state index in [1.165, 1.54) is 16.8 Å². The summed E-state index contributed by atoms with van der Waals surface area (Å²) in [5, 5.41) is 5.03. The van der Waals surface area contributed by atoms with Crippen molar-refractivity contribution in [1.29, 1.82) is 0 Å². The molecule has 2 aromatic heterocycles. The summed E-state index contributed by atoms with van der Waals surface area (Å²) in [6, 6.07) is 26.7. The zero-order valence-corrected chi connectivity index (χ0v) is 20.1. The van der Waals surface area contributed by atoms with Gasteiger partial charge in [0.1, 0.15) is 0 Å². The fourth-order valence-electron chi connectivity index (χ4n) is 4.79. The average Bonchev–Trinajstić information content (AvgIpc) is 3.30. The molecule has 6 heteroatoms. The highest BCUT2D eigenvalue weighted by atomic mass is 35.5. The van der Waals surface area contributed by atoms with Gasteiger partial charge in [0.2, 0.25) is 0 Å². The fourth-order valence-corrected chi connectivity index (χ4v) is 5.28. The topological polar surface area (TPSA) is 33.1 Å². The number of thiocarbonyl (C=S) groups is 1. The highest BCUT2D eigenvalue weighted by molar-refractivity contribution is 7.80. The van der Waals surface area contributed by atoms with Gasteiger partial charge in [0.15, 0.2) is 5.11 Å². The smallest absolute Gasteiger partial charge is 0.170 e. The van der Waals surface area contributed by atoms with E-state index in [9.17, 15) is 0 Å². The molecule has 166 valence electrons. The van der Waals surface area contributed by atoms with Crippen molar-refractivity contribution < 1.29 is 0 Å². The van der Waals surface area contributed by atoms with Crippen LogP contribution >= 0.6 is 23.8 Å². The lowest BCUT2D eigenvalue weighted by Crippen LogP contribution is -2.29. The second-order valence-corrected chi connectivity index (χ2v) is 9.20. The molecule has 0 bridgehead atoms. The summed E-state index contributed by atoms with van der Waals surface area (Å²) in [7, 11) is 0. The van der Waals surface area contributed by atoms with Gasteiger partial charge in [0.25, 0.3) is 0 Å². The number of rotatable bonds is 5. The van der Waals surface area contributed by atoms with Gasteiger partial charge in [-0.1, -0.05) is 54.1 Å². The van der Waals surface area contributed by atoms with Crippen LogP contribution in [0.15, 0.2) is 85.1 Å². The van der Waals surface area contributed by atoms with Gasteiger partial charge in [-0.2, -0.15) is 0 Å². The van der Waals surface area contributed by atoms with Crippen LogP contribution in [-0.4, -0.2) is 19.6 Å². The first kappa shape index (κ1) is 21.7. The molecular formula is C27H25ClN4S. The molecule has 1 aliphatic heterocycles. The zero-order chi connectivity index (χ0) is 22.9. The van der Waals surface area contributed by atoms with E-state index in [1.54, 1.807) is 0 Å². The third-order valence-corrected chi connectivity index (χ3v) is 6.84. The number of nitrogens with zero attached hydrogens (tertiary/aromatic N) is 3. The molecule has 33 heavy (non-hydrogen) atoms. The standard InChI is InChI=1S/C27H25ClN4S/c1-18-15-23(19(2)32(18)22-12-8-11-21(28)16-22)26-25(24-13-6-7-14-29-24)30-27(33)31(26)17-20-9-4-3-5-10-20/h3-16,25-26H,17H2,1-2H3,(H,30,33)/t25-,26-/m0/s1. The van der Waals surface area contributed by atoms with Crippen LogP contribution in [0, 0.1) is 13.8 Å². The van der Waals surface area contributed by atoms with Crippen LogP contribution in [0.4, 0.5) is 0 Å². The molecule has 0 spiro atoms. The van der Waals surface area contributed by atoms with Gasteiger partial charge >= 0.3 is 0 Å². The second-order valence-electron chi connectivity index (χ2n) is 8.38. The normalized spacial score (nSPS) is 17.9. The largest absolute Gasteiger partial charge is 0.352 e. The minimum Gasteiger partial charge on any atom is -0.352 e. The van der Waals surface area contributed by atoms with Crippen molar-refractivity contribution in [2.45, 2.75) is 32.5 Å². The Morgan fingerprint density at radius 3 is 2.48 bits per heavy atom. The Morgan fingerprint density at radius 2 is 1.76 bits per heavy atom. The lowest BCUT2D eigenvalue weighted by Gasteiger charge is -2.28. The molecular weight excluding hydrogens is 448 g/mol. The fraction of sp³-hybridized carbons (Fsp3) is 0.185. The first-order valence-corrected chi connectivity index (χ1v) is 11.8. The monoisotopic (exact) mass is 472 g/mol. The maximum absolute atomic E-state index is 6.31. The lowest BCUT2D eigenvalue weighted by atomic mass is 9.96. The van der Waals surface area contributed by atoms with Crippen LogP contribution in [0.5, 0.6) is 0 Å². The van der Waals surface area contributed by atoms with Crippen LogP contribution in [0.2, 0.25) is 5.02 Å². The highest BCUT2D eigenvalue weighted by Crippen LogP contribution is 2.42. The summed E-state index contributed by atoms with van der Waals surface area (Å²) in [6.45, 7) is 5.03. The van der Waals surface area contributed by atoms with E-state index in [-0.39, 0.29) is 12.1 Å². The number of pyridine rings is 1. The van der Waals surface area contributed by atoms with E-state index in [2.05, 4.69) is 76.1 Å². The summed E-state index contributed by atoms with van der Waals surface area (Å²) < 4.78 is 2.26. The van der Waals surface area contributed by atoms with Gasteiger partial charge in [-0.05, 0) is 73.6 Å². The number of benzene rings is 2.